The maximum atomic E-state index is 12.0. The number of sulfonamides is 1. The molecular weight excluding hydrogens is 310 g/mol. The van der Waals surface area contributed by atoms with Gasteiger partial charge in [0.1, 0.15) is 0 Å². The number of benzene rings is 1. The van der Waals surface area contributed by atoms with Crippen LogP contribution in [0.25, 0.3) is 0 Å². The van der Waals surface area contributed by atoms with Crippen molar-refractivity contribution in [2.24, 2.45) is 0 Å². The summed E-state index contributed by atoms with van der Waals surface area (Å²) in [4.78, 5) is 4.01. The molecule has 126 valence electrons. The lowest BCUT2D eigenvalue weighted by molar-refractivity contribution is 0.506. The SMILES string of the molecule is CCC(C)(C)c1ccc(Cn2cnc(S(=O)(=O)N(C)C)c2)cc1. The van der Waals surface area contributed by atoms with E-state index in [1.165, 1.54) is 24.0 Å². The lowest BCUT2D eigenvalue weighted by Gasteiger charge is -2.23. The molecule has 0 radical (unpaired) electrons. The van der Waals surface area contributed by atoms with E-state index in [-0.39, 0.29) is 10.4 Å². The van der Waals surface area contributed by atoms with Gasteiger partial charge in [0.05, 0.1) is 6.33 Å². The molecule has 0 fully saturated rings. The van der Waals surface area contributed by atoms with E-state index in [9.17, 15) is 8.42 Å². The number of aromatic nitrogens is 2. The molecule has 0 atom stereocenters. The van der Waals surface area contributed by atoms with Crippen LogP contribution in [0.2, 0.25) is 0 Å². The summed E-state index contributed by atoms with van der Waals surface area (Å²) >= 11 is 0. The summed E-state index contributed by atoms with van der Waals surface area (Å²) < 4.78 is 27.0. The summed E-state index contributed by atoms with van der Waals surface area (Å²) in [5.74, 6) is 0. The molecule has 0 aliphatic rings. The van der Waals surface area contributed by atoms with E-state index in [2.05, 4.69) is 50.0 Å². The molecule has 0 amide bonds. The summed E-state index contributed by atoms with van der Waals surface area (Å²) in [5.41, 5.74) is 2.60. The van der Waals surface area contributed by atoms with Crippen molar-refractivity contribution in [2.75, 3.05) is 14.1 Å². The van der Waals surface area contributed by atoms with Gasteiger partial charge in [0.25, 0.3) is 10.0 Å². The smallest absolute Gasteiger partial charge is 0.261 e. The molecule has 6 heteroatoms. The van der Waals surface area contributed by atoms with Gasteiger partial charge in [-0.05, 0) is 23.0 Å². The Bertz CT molecular complexity index is 759. The molecule has 0 bridgehead atoms. The van der Waals surface area contributed by atoms with Crippen LogP contribution >= 0.6 is 0 Å². The monoisotopic (exact) mass is 335 g/mol. The summed E-state index contributed by atoms with van der Waals surface area (Å²) in [6.07, 6.45) is 4.21. The van der Waals surface area contributed by atoms with Crippen LogP contribution in [0.5, 0.6) is 0 Å². The van der Waals surface area contributed by atoms with Crippen molar-refractivity contribution in [3.05, 3.63) is 47.9 Å². The fourth-order valence-corrected chi connectivity index (χ4v) is 3.05. The fraction of sp³-hybridized carbons (Fsp3) is 0.471. The first-order chi connectivity index (χ1) is 10.7. The molecule has 2 rings (SSSR count). The summed E-state index contributed by atoms with van der Waals surface area (Å²) in [6, 6.07) is 8.47. The highest BCUT2D eigenvalue weighted by molar-refractivity contribution is 7.89. The molecule has 1 aromatic carbocycles. The highest BCUT2D eigenvalue weighted by Gasteiger charge is 2.20. The second-order valence-corrected chi connectivity index (χ2v) is 8.70. The zero-order valence-electron chi connectivity index (χ0n) is 14.4. The maximum absolute atomic E-state index is 12.0. The van der Waals surface area contributed by atoms with Crippen LogP contribution in [-0.2, 0) is 22.0 Å². The summed E-state index contributed by atoms with van der Waals surface area (Å²) in [7, 11) is -0.471. The third-order valence-corrected chi connectivity index (χ3v) is 6.04. The quantitative estimate of drug-likeness (QED) is 0.815. The van der Waals surface area contributed by atoms with Gasteiger partial charge in [0.2, 0.25) is 0 Å². The van der Waals surface area contributed by atoms with Crippen molar-refractivity contribution in [3.63, 3.8) is 0 Å². The van der Waals surface area contributed by atoms with Crippen LogP contribution in [0.1, 0.15) is 38.3 Å². The van der Waals surface area contributed by atoms with Gasteiger partial charge in [-0.15, -0.1) is 0 Å². The minimum absolute atomic E-state index is 0.0752. The molecule has 0 unspecified atom stereocenters. The van der Waals surface area contributed by atoms with Gasteiger partial charge in [-0.1, -0.05) is 45.0 Å². The van der Waals surface area contributed by atoms with Gasteiger partial charge in [0.15, 0.2) is 5.03 Å². The molecule has 0 aliphatic carbocycles. The Hall–Kier alpha value is -1.66. The Kier molecular flexibility index (Phi) is 4.96. The zero-order chi connectivity index (χ0) is 17.3. The standard InChI is InChI=1S/C17H25N3O2S/c1-6-17(2,3)15-9-7-14(8-10-15)11-20-12-16(18-13-20)23(21,22)19(4)5/h7-10,12-13H,6,11H2,1-5H3. The van der Waals surface area contributed by atoms with Gasteiger partial charge >= 0.3 is 0 Å². The molecule has 0 spiro atoms. The molecule has 0 N–H and O–H groups in total. The lowest BCUT2D eigenvalue weighted by Crippen LogP contribution is -2.22. The minimum atomic E-state index is -3.48. The molecule has 0 saturated heterocycles. The third-order valence-electron chi connectivity index (χ3n) is 4.34. The van der Waals surface area contributed by atoms with E-state index in [0.29, 0.717) is 6.54 Å². The van der Waals surface area contributed by atoms with Crippen LogP contribution in [0.3, 0.4) is 0 Å². The van der Waals surface area contributed by atoms with Crippen molar-refractivity contribution in [2.45, 2.75) is 44.2 Å². The van der Waals surface area contributed by atoms with Crippen LogP contribution in [-0.4, -0.2) is 36.4 Å². The summed E-state index contributed by atoms with van der Waals surface area (Å²) in [6.45, 7) is 7.25. The van der Waals surface area contributed by atoms with E-state index in [1.807, 2.05) is 0 Å². The average molecular weight is 335 g/mol. The Labute approximate surface area is 139 Å². The second kappa shape index (κ2) is 6.45. The van der Waals surface area contributed by atoms with Gasteiger partial charge in [-0.25, -0.2) is 17.7 Å². The van der Waals surface area contributed by atoms with E-state index in [0.717, 1.165) is 12.0 Å². The van der Waals surface area contributed by atoms with Gasteiger partial charge in [0, 0.05) is 26.8 Å². The van der Waals surface area contributed by atoms with Crippen LogP contribution in [0, 0.1) is 0 Å². The first kappa shape index (κ1) is 17.7. The van der Waals surface area contributed by atoms with Crippen molar-refractivity contribution < 1.29 is 8.42 Å². The zero-order valence-corrected chi connectivity index (χ0v) is 15.3. The highest BCUT2D eigenvalue weighted by atomic mass is 32.2. The van der Waals surface area contributed by atoms with Gasteiger partial charge in [-0.2, -0.15) is 0 Å². The van der Waals surface area contributed by atoms with Crippen molar-refractivity contribution >= 4 is 10.0 Å². The van der Waals surface area contributed by atoms with Crippen molar-refractivity contribution in [3.8, 4) is 0 Å². The largest absolute Gasteiger partial charge is 0.332 e. The van der Waals surface area contributed by atoms with Gasteiger partial charge < -0.3 is 4.57 Å². The Morgan fingerprint density at radius 3 is 2.30 bits per heavy atom. The Morgan fingerprint density at radius 1 is 1.17 bits per heavy atom. The van der Waals surface area contributed by atoms with Crippen molar-refractivity contribution in [1.29, 1.82) is 0 Å². The number of imidazole rings is 1. The molecule has 2 aromatic rings. The van der Waals surface area contributed by atoms with Crippen LogP contribution < -0.4 is 0 Å². The predicted octanol–water partition coefficient (Wildman–Crippen LogP) is 2.87. The fourth-order valence-electron chi connectivity index (χ4n) is 2.22. The maximum Gasteiger partial charge on any atom is 0.261 e. The molecule has 0 saturated carbocycles. The number of nitrogens with zero attached hydrogens (tertiary/aromatic N) is 3. The Balaban J connectivity index is 2.17. The average Bonchev–Trinajstić information content (AvgIpc) is 2.97. The molecule has 5 nitrogen and oxygen atoms in total. The molecule has 1 heterocycles. The van der Waals surface area contributed by atoms with E-state index in [1.54, 1.807) is 17.1 Å². The van der Waals surface area contributed by atoms with Crippen LogP contribution in [0.15, 0.2) is 41.8 Å². The number of hydrogen-bond donors (Lipinski definition) is 0. The van der Waals surface area contributed by atoms with E-state index < -0.39 is 10.0 Å². The topological polar surface area (TPSA) is 55.2 Å². The van der Waals surface area contributed by atoms with Gasteiger partial charge in [-0.3, -0.25) is 0 Å². The minimum Gasteiger partial charge on any atom is -0.332 e. The lowest BCUT2D eigenvalue weighted by atomic mass is 9.82. The van der Waals surface area contributed by atoms with E-state index >= 15 is 0 Å². The Morgan fingerprint density at radius 2 is 1.78 bits per heavy atom. The van der Waals surface area contributed by atoms with Crippen LogP contribution in [0.4, 0.5) is 0 Å². The first-order valence-electron chi connectivity index (χ1n) is 7.70. The predicted molar refractivity (Wildman–Crippen MR) is 92.0 cm³/mol. The normalized spacial score (nSPS) is 12.8. The third kappa shape index (κ3) is 3.82. The number of hydrogen-bond acceptors (Lipinski definition) is 3. The molecule has 23 heavy (non-hydrogen) atoms. The highest BCUT2D eigenvalue weighted by Crippen LogP contribution is 2.26. The summed E-state index contributed by atoms with van der Waals surface area (Å²) in [5, 5.41) is 0.0752. The number of rotatable bonds is 6. The second-order valence-electron chi connectivity index (χ2n) is 6.61. The molecule has 1 aromatic heterocycles. The molecule has 0 aliphatic heterocycles. The first-order valence-corrected chi connectivity index (χ1v) is 9.14. The van der Waals surface area contributed by atoms with Crippen molar-refractivity contribution in [1.82, 2.24) is 13.9 Å². The molecular formula is C17H25N3O2S. The van der Waals surface area contributed by atoms with E-state index in [4.69, 9.17) is 0 Å².